The SMILES string of the molecule is NC(=O)C1(Br)Cc2ccccc2S1. The number of alkyl halides is 1. The molecule has 2 nitrogen and oxygen atoms in total. The molecule has 0 aliphatic carbocycles. The third kappa shape index (κ3) is 1.48. The molecule has 2 N–H and O–H groups in total. The van der Waals surface area contributed by atoms with Crippen LogP contribution in [0.4, 0.5) is 0 Å². The topological polar surface area (TPSA) is 43.1 Å². The van der Waals surface area contributed by atoms with Crippen molar-refractivity contribution in [3.63, 3.8) is 0 Å². The molecule has 1 unspecified atom stereocenters. The molecule has 1 atom stereocenters. The molecule has 68 valence electrons. The van der Waals surface area contributed by atoms with Crippen molar-refractivity contribution in [3.8, 4) is 0 Å². The largest absolute Gasteiger partial charge is 0.368 e. The normalized spacial score (nSPS) is 25.6. The number of fused-ring (bicyclic) bond motifs is 1. The van der Waals surface area contributed by atoms with E-state index in [1.165, 1.54) is 17.3 Å². The van der Waals surface area contributed by atoms with Crippen LogP contribution in [0.25, 0.3) is 0 Å². The molecule has 1 amide bonds. The Morgan fingerprint density at radius 1 is 1.54 bits per heavy atom. The molecule has 0 fully saturated rings. The van der Waals surface area contributed by atoms with Crippen LogP contribution in [-0.2, 0) is 11.2 Å². The highest BCUT2D eigenvalue weighted by Gasteiger charge is 2.40. The Kier molecular flexibility index (Phi) is 2.12. The number of hydrogen-bond donors (Lipinski definition) is 1. The number of benzene rings is 1. The van der Waals surface area contributed by atoms with Crippen molar-refractivity contribution >= 4 is 33.6 Å². The number of thioether (sulfide) groups is 1. The molecule has 1 aromatic carbocycles. The number of nitrogens with two attached hydrogens (primary N) is 1. The number of hydrogen-bond acceptors (Lipinski definition) is 2. The van der Waals surface area contributed by atoms with E-state index in [4.69, 9.17) is 5.73 Å². The highest BCUT2D eigenvalue weighted by Crippen LogP contribution is 2.48. The molecule has 1 aromatic rings. The van der Waals surface area contributed by atoms with E-state index in [0.29, 0.717) is 6.42 Å². The van der Waals surface area contributed by atoms with E-state index in [1.54, 1.807) is 0 Å². The van der Waals surface area contributed by atoms with Crippen LogP contribution < -0.4 is 5.73 Å². The fourth-order valence-corrected chi connectivity index (χ4v) is 3.26. The summed E-state index contributed by atoms with van der Waals surface area (Å²) in [5, 5.41) is 0. The third-order valence-corrected chi connectivity index (χ3v) is 4.47. The second-order valence-corrected chi connectivity index (χ2v) is 6.20. The predicted molar refractivity (Wildman–Crippen MR) is 56.9 cm³/mol. The molecular weight excluding hydrogens is 250 g/mol. The Morgan fingerprint density at radius 2 is 2.23 bits per heavy atom. The number of rotatable bonds is 1. The Bertz CT molecular complexity index is 341. The first-order chi connectivity index (χ1) is 6.12. The van der Waals surface area contributed by atoms with Crippen LogP contribution in [0, 0.1) is 0 Å². The monoisotopic (exact) mass is 257 g/mol. The first-order valence-corrected chi connectivity index (χ1v) is 5.48. The predicted octanol–water partition coefficient (Wildman–Crippen LogP) is 1.91. The van der Waals surface area contributed by atoms with Gasteiger partial charge < -0.3 is 5.73 Å². The fourth-order valence-electron chi connectivity index (χ4n) is 1.34. The number of carbonyl (C=O) groups excluding carboxylic acids is 1. The van der Waals surface area contributed by atoms with Crippen LogP contribution in [-0.4, -0.2) is 9.56 Å². The van der Waals surface area contributed by atoms with Gasteiger partial charge in [-0.25, -0.2) is 0 Å². The van der Waals surface area contributed by atoms with Gasteiger partial charge in [0.05, 0.1) is 0 Å². The summed E-state index contributed by atoms with van der Waals surface area (Å²) in [6.45, 7) is 0. The lowest BCUT2D eigenvalue weighted by molar-refractivity contribution is -0.118. The van der Waals surface area contributed by atoms with E-state index in [1.807, 2.05) is 24.3 Å². The lowest BCUT2D eigenvalue weighted by Crippen LogP contribution is -2.34. The lowest BCUT2D eigenvalue weighted by atomic mass is 10.1. The Hall–Kier alpha value is -0.480. The minimum Gasteiger partial charge on any atom is -0.368 e. The zero-order valence-corrected chi connectivity index (χ0v) is 9.19. The summed E-state index contributed by atoms with van der Waals surface area (Å²) < 4.78 is -0.628. The minimum atomic E-state index is -0.628. The standard InChI is InChI=1S/C9H8BrNOS/c10-9(8(11)12)5-6-3-1-2-4-7(6)13-9/h1-4H,5H2,(H2,11,12). The second-order valence-electron chi connectivity index (χ2n) is 2.98. The van der Waals surface area contributed by atoms with Gasteiger partial charge in [-0.05, 0) is 11.6 Å². The summed E-state index contributed by atoms with van der Waals surface area (Å²) in [6.07, 6.45) is 0.670. The summed E-state index contributed by atoms with van der Waals surface area (Å²) in [6, 6.07) is 7.96. The highest BCUT2D eigenvalue weighted by molar-refractivity contribution is 9.12. The molecule has 1 heterocycles. The first-order valence-electron chi connectivity index (χ1n) is 3.87. The van der Waals surface area contributed by atoms with Gasteiger partial charge in [0.1, 0.15) is 0 Å². The van der Waals surface area contributed by atoms with Crippen molar-refractivity contribution in [2.24, 2.45) is 5.73 Å². The second kappa shape index (κ2) is 3.03. The molecule has 2 rings (SSSR count). The van der Waals surface area contributed by atoms with Crippen LogP contribution in [0.3, 0.4) is 0 Å². The van der Waals surface area contributed by atoms with Crippen molar-refractivity contribution in [3.05, 3.63) is 29.8 Å². The maximum Gasteiger partial charge on any atom is 0.245 e. The number of primary amides is 1. The Labute approximate surface area is 89.0 Å². The maximum atomic E-state index is 11.1. The summed E-state index contributed by atoms with van der Waals surface area (Å²) >= 11 is 4.87. The molecule has 0 bridgehead atoms. The van der Waals surface area contributed by atoms with Crippen LogP contribution in [0.15, 0.2) is 29.2 Å². The summed E-state index contributed by atoms with van der Waals surface area (Å²) in [7, 11) is 0. The molecule has 0 saturated heterocycles. The van der Waals surface area contributed by atoms with Gasteiger partial charge in [-0.1, -0.05) is 45.9 Å². The molecule has 4 heteroatoms. The average molecular weight is 258 g/mol. The summed E-state index contributed by atoms with van der Waals surface area (Å²) in [5.74, 6) is -0.311. The molecule has 1 aliphatic heterocycles. The third-order valence-electron chi connectivity index (χ3n) is 2.03. The lowest BCUT2D eigenvalue weighted by Gasteiger charge is -2.14. The number of amides is 1. The van der Waals surface area contributed by atoms with E-state index < -0.39 is 3.66 Å². The van der Waals surface area contributed by atoms with E-state index >= 15 is 0 Å². The number of carbonyl (C=O) groups is 1. The molecule has 0 aromatic heterocycles. The minimum absolute atomic E-state index is 0.311. The Morgan fingerprint density at radius 3 is 2.85 bits per heavy atom. The van der Waals surface area contributed by atoms with Gasteiger partial charge in [0.2, 0.25) is 5.91 Å². The zero-order valence-electron chi connectivity index (χ0n) is 6.79. The molecule has 0 radical (unpaired) electrons. The fraction of sp³-hybridized carbons (Fsp3) is 0.222. The van der Waals surface area contributed by atoms with E-state index in [9.17, 15) is 4.79 Å². The molecule has 13 heavy (non-hydrogen) atoms. The Balaban J connectivity index is 2.37. The maximum absolute atomic E-state index is 11.1. The van der Waals surface area contributed by atoms with Gasteiger partial charge in [-0.3, -0.25) is 4.79 Å². The van der Waals surface area contributed by atoms with Gasteiger partial charge in [-0.15, -0.1) is 0 Å². The molecule has 1 aliphatic rings. The van der Waals surface area contributed by atoms with E-state index in [-0.39, 0.29) is 5.91 Å². The van der Waals surface area contributed by atoms with Crippen molar-refractivity contribution in [1.82, 2.24) is 0 Å². The van der Waals surface area contributed by atoms with Crippen molar-refractivity contribution in [1.29, 1.82) is 0 Å². The van der Waals surface area contributed by atoms with Crippen LogP contribution >= 0.6 is 27.7 Å². The van der Waals surface area contributed by atoms with Crippen LogP contribution in [0.1, 0.15) is 5.56 Å². The van der Waals surface area contributed by atoms with Crippen LogP contribution in [0.2, 0.25) is 0 Å². The van der Waals surface area contributed by atoms with E-state index in [2.05, 4.69) is 15.9 Å². The van der Waals surface area contributed by atoms with Gasteiger partial charge in [-0.2, -0.15) is 0 Å². The zero-order chi connectivity index (χ0) is 9.47. The van der Waals surface area contributed by atoms with Gasteiger partial charge in [0.15, 0.2) is 3.66 Å². The molecule has 0 spiro atoms. The van der Waals surface area contributed by atoms with Crippen molar-refractivity contribution < 1.29 is 4.79 Å². The van der Waals surface area contributed by atoms with Gasteiger partial charge in [0, 0.05) is 11.3 Å². The highest BCUT2D eigenvalue weighted by atomic mass is 79.9. The van der Waals surface area contributed by atoms with Gasteiger partial charge >= 0.3 is 0 Å². The first kappa shape index (κ1) is 9.09. The smallest absolute Gasteiger partial charge is 0.245 e. The summed E-state index contributed by atoms with van der Waals surface area (Å²) in [5.41, 5.74) is 6.49. The number of halogens is 1. The van der Waals surface area contributed by atoms with Crippen molar-refractivity contribution in [2.75, 3.05) is 0 Å². The van der Waals surface area contributed by atoms with Crippen molar-refractivity contribution in [2.45, 2.75) is 15.0 Å². The van der Waals surface area contributed by atoms with Crippen LogP contribution in [0.5, 0.6) is 0 Å². The average Bonchev–Trinajstić information content (AvgIpc) is 2.42. The molecule has 0 saturated carbocycles. The summed E-state index contributed by atoms with van der Waals surface area (Å²) in [4.78, 5) is 12.3. The quantitative estimate of drug-likeness (QED) is 0.782. The molecular formula is C9H8BrNOS. The van der Waals surface area contributed by atoms with Gasteiger partial charge in [0.25, 0.3) is 0 Å². The van der Waals surface area contributed by atoms with E-state index in [0.717, 1.165) is 4.90 Å².